The van der Waals surface area contributed by atoms with E-state index in [1.165, 1.54) is 19.2 Å². The third-order valence-electron chi connectivity index (χ3n) is 4.51. The highest BCUT2D eigenvalue weighted by molar-refractivity contribution is 5.76. The summed E-state index contributed by atoms with van der Waals surface area (Å²) < 4.78 is 48.7. The summed E-state index contributed by atoms with van der Waals surface area (Å²) in [4.78, 5) is 11.3. The van der Waals surface area contributed by atoms with Gasteiger partial charge in [-0.1, -0.05) is 12.1 Å². The van der Waals surface area contributed by atoms with Crippen molar-refractivity contribution in [1.29, 1.82) is 0 Å². The molecule has 0 bridgehead atoms. The van der Waals surface area contributed by atoms with Gasteiger partial charge in [-0.15, -0.1) is 10.2 Å². The molecule has 2 N–H and O–H groups in total. The monoisotopic (exact) mass is 434 g/mol. The molecule has 0 spiro atoms. The first kappa shape index (κ1) is 22.1. The van der Waals surface area contributed by atoms with Crippen LogP contribution in [0.15, 0.2) is 52.9 Å². The Bertz CT molecular complexity index is 1050. The number of alkyl carbamates (subject to hydrolysis) is 1. The number of carbonyl (C=O) groups excluding carboxylic acids is 1. The summed E-state index contributed by atoms with van der Waals surface area (Å²) in [7, 11) is 1.27. The highest BCUT2D eigenvalue weighted by Gasteiger charge is 2.30. The maximum atomic E-state index is 12.8. The number of hydrogen-bond donors (Lipinski definition) is 2. The number of alkyl halides is 3. The van der Waals surface area contributed by atoms with Gasteiger partial charge in [0.25, 0.3) is 0 Å². The first-order chi connectivity index (χ1) is 14.6. The lowest BCUT2D eigenvalue weighted by atomic mass is 9.93. The Balaban J connectivity index is 1.82. The number of carbonyl (C=O) groups is 1. The second kappa shape index (κ2) is 8.66. The number of rotatable bonds is 6. The Morgan fingerprint density at radius 3 is 2.39 bits per heavy atom. The van der Waals surface area contributed by atoms with Crippen molar-refractivity contribution in [1.82, 2.24) is 15.5 Å². The summed E-state index contributed by atoms with van der Waals surface area (Å²) in [5.41, 5.74) is 0.259. The van der Waals surface area contributed by atoms with Crippen LogP contribution in [0.5, 0.6) is 0 Å². The highest BCUT2D eigenvalue weighted by atomic mass is 19.4. The van der Waals surface area contributed by atoms with Crippen molar-refractivity contribution in [3.8, 4) is 11.5 Å². The van der Waals surface area contributed by atoms with Gasteiger partial charge in [-0.25, -0.2) is 4.79 Å². The lowest BCUT2D eigenvalue weighted by Crippen LogP contribution is -2.36. The fourth-order valence-corrected chi connectivity index (χ4v) is 2.72. The standard InChI is InChI=1S/C21H21F3N4O3/c1-20(2,12-25-19(29)30-3)18-28-27-17(31-18)15-6-4-5-7-16(15)26-14-10-8-13(9-11-14)21(22,23)24/h4-11,26H,12H2,1-3H3,(H,25,29). The van der Waals surface area contributed by atoms with Crippen molar-refractivity contribution in [3.05, 3.63) is 60.0 Å². The molecule has 1 amide bonds. The minimum Gasteiger partial charge on any atom is -0.453 e. The van der Waals surface area contributed by atoms with Crippen molar-refractivity contribution in [2.75, 3.05) is 19.0 Å². The van der Waals surface area contributed by atoms with E-state index in [4.69, 9.17) is 4.42 Å². The molecule has 0 aliphatic rings. The Hall–Kier alpha value is -3.56. The first-order valence-electron chi connectivity index (χ1n) is 9.29. The molecule has 0 aliphatic carbocycles. The zero-order chi connectivity index (χ0) is 22.6. The van der Waals surface area contributed by atoms with Gasteiger partial charge in [-0.2, -0.15) is 13.2 Å². The molecule has 10 heteroatoms. The van der Waals surface area contributed by atoms with Gasteiger partial charge in [-0.05, 0) is 50.2 Å². The number of methoxy groups -OCH3 is 1. The van der Waals surface area contributed by atoms with Crippen molar-refractivity contribution in [3.63, 3.8) is 0 Å². The van der Waals surface area contributed by atoms with Gasteiger partial charge in [0.05, 0.1) is 29.3 Å². The van der Waals surface area contributed by atoms with Crippen LogP contribution in [-0.2, 0) is 16.3 Å². The topological polar surface area (TPSA) is 89.3 Å². The van der Waals surface area contributed by atoms with Crippen molar-refractivity contribution < 1.29 is 27.1 Å². The van der Waals surface area contributed by atoms with E-state index in [2.05, 4.69) is 25.6 Å². The predicted molar refractivity (Wildman–Crippen MR) is 108 cm³/mol. The molecule has 1 aromatic heterocycles. The summed E-state index contributed by atoms with van der Waals surface area (Å²) in [6.07, 6.45) is -4.97. The Morgan fingerprint density at radius 1 is 1.06 bits per heavy atom. The van der Waals surface area contributed by atoms with Crippen LogP contribution in [0.2, 0.25) is 0 Å². The summed E-state index contributed by atoms with van der Waals surface area (Å²) in [5, 5.41) is 13.9. The van der Waals surface area contributed by atoms with Crippen molar-refractivity contribution in [2.24, 2.45) is 0 Å². The molecule has 0 aliphatic heterocycles. The summed E-state index contributed by atoms with van der Waals surface area (Å²) >= 11 is 0. The van der Waals surface area contributed by atoms with Gasteiger partial charge in [0.15, 0.2) is 0 Å². The highest BCUT2D eigenvalue weighted by Crippen LogP contribution is 2.33. The van der Waals surface area contributed by atoms with E-state index in [0.29, 0.717) is 22.8 Å². The van der Waals surface area contributed by atoms with E-state index in [1.807, 2.05) is 13.8 Å². The number of nitrogens with zero attached hydrogens (tertiary/aromatic N) is 2. The summed E-state index contributed by atoms with van der Waals surface area (Å²) in [6.45, 7) is 3.87. The second-order valence-electron chi connectivity index (χ2n) is 7.39. The van der Waals surface area contributed by atoms with Crippen LogP contribution in [0.25, 0.3) is 11.5 Å². The maximum absolute atomic E-state index is 12.8. The first-order valence-corrected chi connectivity index (χ1v) is 9.29. The molecular formula is C21H21F3N4O3. The predicted octanol–water partition coefficient (Wildman–Crippen LogP) is 5.13. The molecule has 0 unspecified atom stereocenters. The lowest BCUT2D eigenvalue weighted by Gasteiger charge is -2.19. The quantitative estimate of drug-likeness (QED) is 0.559. The molecule has 0 fully saturated rings. The minimum atomic E-state index is -4.40. The SMILES string of the molecule is COC(=O)NCC(C)(C)c1nnc(-c2ccccc2Nc2ccc(C(F)(F)F)cc2)o1. The van der Waals surface area contributed by atoms with Gasteiger partial charge in [0.2, 0.25) is 11.8 Å². The van der Waals surface area contributed by atoms with Gasteiger partial charge < -0.3 is 19.8 Å². The van der Waals surface area contributed by atoms with E-state index < -0.39 is 23.2 Å². The van der Waals surface area contributed by atoms with Crippen LogP contribution < -0.4 is 10.6 Å². The largest absolute Gasteiger partial charge is 0.453 e. The molecule has 1 heterocycles. The number of amides is 1. The molecule has 2 aromatic carbocycles. The molecule has 0 saturated heterocycles. The summed E-state index contributed by atoms with van der Waals surface area (Å²) in [5.74, 6) is 0.541. The molecular weight excluding hydrogens is 413 g/mol. The van der Waals surface area contributed by atoms with Crippen LogP contribution in [0.3, 0.4) is 0 Å². The number of nitrogens with one attached hydrogen (secondary N) is 2. The maximum Gasteiger partial charge on any atom is 0.416 e. The zero-order valence-electron chi connectivity index (χ0n) is 17.1. The molecule has 0 saturated carbocycles. The Labute approximate surface area is 176 Å². The van der Waals surface area contributed by atoms with E-state index >= 15 is 0 Å². The number of ether oxygens (including phenoxy) is 1. The number of benzene rings is 2. The van der Waals surface area contributed by atoms with E-state index in [1.54, 1.807) is 24.3 Å². The number of hydrogen-bond acceptors (Lipinski definition) is 6. The minimum absolute atomic E-state index is 0.215. The van der Waals surface area contributed by atoms with Crippen molar-refractivity contribution in [2.45, 2.75) is 25.4 Å². The third-order valence-corrected chi connectivity index (χ3v) is 4.51. The average Bonchev–Trinajstić information content (AvgIpc) is 3.23. The van der Waals surface area contributed by atoms with E-state index in [9.17, 15) is 18.0 Å². The van der Waals surface area contributed by atoms with Crippen LogP contribution in [0, 0.1) is 0 Å². The molecule has 164 valence electrons. The normalized spacial score (nSPS) is 11.8. The number of para-hydroxylation sites is 1. The van der Waals surface area contributed by atoms with E-state index in [0.717, 1.165) is 12.1 Å². The van der Waals surface area contributed by atoms with Crippen LogP contribution >= 0.6 is 0 Å². The van der Waals surface area contributed by atoms with Crippen LogP contribution in [0.1, 0.15) is 25.3 Å². The number of aromatic nitrogens is 2. The second-order valence-corrected chi connectivity index (χ2v) is 7.39. The lowest BCUT2D eigenvalue weighted by molar-refractivity contribution is -0.137. The van der Waals surface area contributed by atoms with E-state index in [-0.39, 0.29) is 12.4 Å². The van der Waals surface area contributed by atoms with Gasteiger partial charge >= 0.3 is 12.3 Å². The smallest absolute Gasteiger partial charge is 0.416 e. The summed E-state index contributed by atoms with van der Waals surface area (Å²) in [6, 6.07) is 11.8. The Morgan fingerprint density at radius 2 is 1.74 bits per heavy atom. The van der Waals surface area contributed by atoms with Gasteiger partial charge in [-0.3, -0.25) is 0 Å². The third kappa shape index (κ3) is 5.33. The van der Waals surface area contributed by atoms with Gasteiger partial charge in [0, 0.05) is 12.2 Å². The van der Waals surface area contributed by atoms with Crippen LogP contribution in [-0.4, -0.2) is 29.9 Å². The van der Waals surface area contributed by atoms with Crippen molar-refractivity contribution >= 4 is 17.5 Å². The average molecular weight is 434 g/mol. The van der Waals surface area contributed by atoms with Gasteiger partial charge in [0.1, 0.15) is 0 Å². The number of anilines is 2. The van der Waals surface area contributed by atoms with Crippen LogP contribution in [0.4, 0.5) is 29.3 Å². The fraction of sp³-hybridized carbons (Fsp3) is 0.286. The fourth-order valence-electron chi connectivity index (χ4n) is 2.72. The molecule has 0 radical (unpaired) electrons. The molecule has 7 nitrogen and oxygen atoms in total. The molecule has 3 rings (SSSR count). The zero-order valence-corrected chi connectivity index (χ0v) is 17.1. The number of halogens is 3. The Kier molecular flexibility index (Phi) is 6.19. The molecule has 31 heavy (non-hydrogen) atoms. The molecule has 3 aromatic rings. The molecule has 0 atom stereocenters.